The molecule has 0 unspecified atom stereocenters. The third-order valence-corrected chi connectivity index (χ3v) is 20.4. The Morgan fingerprint density at radius 1 is 0.418 bits per heavy atom. The van der Waals surface area contributed by atoms with Crippen LogP contribution in [0.3, 0.4) is 0 Å². The van der Waals surface area contributed by atoms with Crippen LogP contribution < -0.4 is 47.1 Å². The molecular weight excluding hydrogens is 846 g/mol. The van der Waals surface area contributed by atoms with Crippen LogP contribution in [0.15, 0.2) is 170 Å². The van der Waals surface area contributed by atoms with Gasteiger partial charge in [0.05, 0.1) is 10.6 Å². The van der Waals surface area contributed by atoms with E-state index in [1.54, 1.807) is 0 Å². The highest BCUT2D eigenvalue weighted by Gasteiger charge is 2.49. The molecule has 7 aromatic carbocycles. The van der Waals surface area contributed by atoms with Crippen LogP contribution in [0.1, 0.15) is 105 Å². The molecule has 3 nitrogen and oxygen atoms in total. The van der Waals surface area contributed by atoms with Gasteiger partial charge in [-0.25, -0.2) is 0 Å². The number of benzene rings is 7. The molecule has 0 fully saturated rings. The zero-order valence-electron chi connectivity index (χ0n) is 41.5. The zero-order valence-corrected chi connectivity index (χ0v) is 43.3. The summed E-state index contributed by atoms with van der Waals surface area (Å²) < 4.78 is 0. The molecule has 3 heterocycles. The third kappa shape index (κ3) is 7.61. The quantitative estimate of drug-likeness (QED) is 0.122. The van der Waals surface area contributed by atoms with E-state index >= 15 is 0 Å². The first-order chi connectivity index (χ1) is 31.8. The predicted octanol–water partition coefficient (Wildman–Crippen LogP) is 11.8. The summed E-state index contributed by atoms with van der Waals surface area (Å²) in [5.41, 5.74) is 13.5. The molecule has 0 atom stereocenters. The van der Waals surface area contributed by atoms with Crippen molar-refractivity contribution in [3.05, 3.63) is 192 Å². The Morgan fingerprint density at radius 3 is 1.27 bits per heavy atom. The van der Waals surface area contributed by atoms with Gasteiger partial charge in [-0.3, -0.25) is 4.98 Å². The van der Waals surface area contributed by atoms with Crippen molar-refractivity contribution in [2.75, 3.05) is 9.80 Å². The lowest BCUT2D eigenvalue weighted by atomic mass is 9.35. The van der Waals surface area contributed by atoms with Crippen molar-refractivity contribution in [1.82, 2.24) is 4.98 Å². The molecule has 6 heteroatoms. The van der Waals surface area contributed by atoms with E-state index in [9.17, 15) is 0 Å². The van der Waals surface area contributed by atoms with E-state index in [2.05, 4.69) is 263 Å². The Kier molecular flexibility index (Phi) is 10.8. The molecule has 2 aliphatic heterocycles. The Morgan fingerprint density at radius 2 is 0.836 bits per heavy atom. The first-order valence-corrected chi connectivity index (χ1v) is 26.9. The summed E-state index contributed by atoms with van der Waals surface area (Å²) in [6, 6.07) is 65.5. The van der Waals surface area contributed by atoms with Crippen molar-refractivity contribution in [3.8, 4) is 0 Å². The second kappa shape index (κ2) is 16.1. The molecule has 0 bridgehead atoms. The Balaban J connectivity index is 1.40. The summed E-state index contributed by atoms with van der Waals surface area (Å²) >= 11 is 1.87. The number of rotatable bonds is 6. The topological polar surface area (TPSA) is 19.4 Å². The van der Waals surface area contributed by atoms with Crippen molar-refractivity contribution >= 4 is 96.8 Å². The van der Waals surface area contributed by atoms with Crippen molar-refractivity contribution in [3.63, 3.8) is 0 Å². The maximum Gasteiger partial charge on any atom is 0.276 e. The van der Waals surface area contributed by atoms with E-state index in [0.717, 1.165) is 22.0 Å². The lowest BCUT2D eigenvalue weighted by Crippen LogP contribution is -2.75. The molecule has 67 heavy (non-hydrogen) atoms. The highest BCUT2D eigenvalue weighted by atomic mass is 32.1. The average molecular weight is 910 g/mol. The standard InChI is InChI=1S/C61H64BN3SSi/c1-58(2,3)41-28-33-44(34-29-41)64-51-37-32-43(60(7,8)9)38-50(51)62-54-52(64)39-49(67(46-22-16-13-17-23-46,47-24-18-14-19-25-47)48-26-20-15-21-27-48)40-53(54)65(45-35-30-42(31-36-45)59(4,5)6)56-55(62)63-57(66-56)61(10,11)12/h13-40H,1-12H3. The number of thiazole rings is 1. The van der Waals surface area contributed by atoms with Crippen LogP contribution in [0, 0.1) is 0 Å². The first-order valence-electron chi connectivity index (χ1n) is 24.1. The van der Waals surface area contributed by atoms with Gasteiger partial charge in [-0.1, -0.05) is 210 Å². The smallest absolute Gasteiger partial charge is 0.276 e. The van der Waals surface area contributed by atoms with Gasteiger partial charge in [-0.2, -0.15) is 0 Å². The molecule has 8 aromatic rings. The van der Waals surface area contributed by atoms with Crippen molar-refractivity contribution in [2.45, 2.75) is 105 Å². The highest BCUT2D eigenvalue weighted by Crippen LogP contribution is 2.47. The molecule has 336 valence electrons. The van der Waals surface area contributed by atoms with Crippen LogP contribution in [0.4, 0.5) is 33.4 Å². The molecule has 0 saturated heterocycles. The zero-order chi connectivity index (χ0) is 47.3. The summed E-state index contributed by atoms with van der Waals surface area (Å²) in [5, 5.41) is 7.76. The SMILES string of the molecule is CC(C)(C)c1ccc(N2c3ccc(C(C)(C)C)cc3B3c4nc(C(C)(C)C)sc4N(c4ccc(C(C)(C)C)cc4)c4cc([Si](c5ccccc5)(c5ccccc5)c5ccccc5)cc2c43)cc1. The largest absolute Gasteiger partial charge is 0.311 e. The van der Waals surface area contributed by atoms with Gasteiger partial charge in [0.25, 0.3) is 6.71 Å². The summed E-state index contributed by atoms with van der Waals surface area (Å²) in [6.45, 7) is 27.7. The minimum absolute atomic E-state index is 0.0173. The molecule has 0 radical (unpaired) electrons. The van der Waals surface area contributed by atoms with Gasteiger partial charge in [-0.05, 0) is 107 Å². The fourth-order valence-corrected chi connectivity index (χ4v) is 16.4. The van der Waals surface area contributed by atoms with Crippen LogP contribution >= 0.6 is 11.3 Å². The third-order valence-electron chi connectivity index (χ3n) is 14.1. The second-order valence-electron chi connectivity index (χ2n) is 23.0. The summed E-state index contributed by atoms with van der Waals surface area (Å²) in [5.74, 6) is 0. The minimum atomic E-state index is -3.04. The normalized spacial score (nSPS) is 13.9. The van der Waals surface area contributed by atoms with Gasteiger partial charge >= 0.3 is 0 Å². The van der Waals surface area contributed by atoms with E-state index < -0.39 is 8.07 Å². The molecule has 0 aliphatic carbocycles. The van der Waals surface area contributed by atoms with E-state index in [0.29, 0.717) is 0 Å². The van der Waals surface area contributed by atoms with Gasteiger partial charge in [0.1, 0.15) is 5.00 Å². The number of fused-ring (bicyclic) bond motifs is 4. The molecule has 0 N–H and O–H groups in total. The van der Waals surface area contributed by atoms with Crippen molar-refractivity contribution in [2.24, 2.45) is 0 Å². The molecule has 2 aliphatic rings. The fraction of sp³-hybridized carbons (Fsp3) is 0.262. The summed E-state index contributed by atoms with van der Waals surface area (Å²) in [7, 11) is -3.04. The van der Waals surface area contributed by atoms with E-state index in [1.165, 1.54) is 70.4 Å². The van der Waals surface area contributed by atoms with E-state index in [1.807, 2.05) is 11.3 Å². The molecular formula is C61H64BN3SSi. The summed E-state index contributed by atoms with van der Waals surface area (Å²) in [6.07, 6.45) is 0. The van der Waals surface area contributed by atoms with Crippen LogP contribution in [-0.2, 0) is 21.7 Å². The van der Waals surface area contributed by atoms with Crippen LogP contribution in [0.25, 0.3) is 0 Å². The van der Waals surface area contributed by atoms with Gasteiger partial charge in [0.2, 0.25) is 0 Å². The van der Waals surface area contributed by atoms with Gasteiger partial charge in [0, 0.05) is 33.9 Å². The number of nitrogens with zero attached hydrogens (tertiary/aromatic N) is 3. The van der Waals surface area contributed by atoms with Crippen LogP contribution in [-0.4, -0.2) is 19.8 Å². The first kappa shape index (κ1) is 44.9. The van der Waals surface area contributed by atoms with Gasteiger partial charge in [-0.15, -0.1) is 11.3 Å². The molecule has 10 rings (SSSR count). The lowest BCUT2D eigenvalue weighted by Gasteiger charge is -2.44. The maximum atomic E-state index is 5.79. The predicted molar refractivity (Wildman–Crippen MR) is 295 cm³/mol. The monoisotopic (exact) mass is 909 g/mol. The second-order valence-corrected chi connectivity index (χ2v) is 27.7. The molecule has 0 saturated carbocycles. The molecule has 1 aromatic heterocycles. The lowest BCUT2D eigenvalue weighted by molar-refractivity contribution is 0.586. The summed E-state index contributed by atoms with van der Waals surface area (Å²) in [4.78, 5) is 11.0. The minimum Gasteiger partial charge on any atom is -0.311 e. The molecule has 0 spiro atoms. The van der Waals surface area contributed by atoms with Crippen molar-refractivity contribution in [1.29, 1.82) is 0 Å². The highest BCUT2D eigenvalue weighted by molar-refractivity contribution is 7.21. The van der Waals surface area contributed by atoms with E-state index in [4.69, 9.17) is 4.98 Å². The average Bonchev–Trinajstić information content (AvgIpc) is 3.76. The van der Waals surface area contributed by atoms with Crippen molar-refractivity contribution < 1.29 is 0 Å². The fourth-order valence-electron chi connectivity index (χ4n) is 10.5. The number of anilines is 6. The van der Waals surface area contributed by atoms with Gasteiger partial charge < -0.3 is 9.80 Å². The maximum absolute atomic E-state index is 5.79. The number of hydrogen-bond acceptors (Lipinski definition) is 4. The Hall–Kier alpha value is -5.95. The van der Waals surface area contributed by atoms with Crippen LogP contribution in [0.5, 0.6) is 0 Å². The number of aromatic nitrogens is 1. The Bertz CT molecular complexity index is 3000. The Labute approximate surface area is 405 Å². The van der Waals surface area contributed by atoms with E-state index in [-0.39, 0.29) is 28.4 Å². The molecule has 0 amide bonds. The van der Waals surface area contributed by atoms with Gasteiger partial charge in [0.15, 0.2) is 8.07 Å². The number of hydrogen-bond donors (Lipinski definition) is 0. The van der Waals surface area contributed by atoms with Crippen LogP contribution in [0.2, 0.25) is 0 Å².